The largest absolute Gasteiger partial charge is 0.469 e. The van der Waals surface area contributed by atoms with Crippen molar-refractivity contribution >= 4 is 11.7 Å². The lowest BCUT2D eigenvalue weighted by atomic mass is 9.89. The molecule has 1 aromatic carbocycles. The lowest BCUT2D eigenvalue weighted by Gasteiger charge is -2.22. The number of allylic oxidation sites excluding steroid dienone is 2. The van der Waals surface area contributed by atoms with Crippen molar-refractivity contribution in [3.05, 3.63) is 63.2 Å². The Bertz CT molecular complexity index is 761. The standard InChI is InChI=1S/C15H13N3O5/c1-22-14(19)7-11-6-12(13(8-16)15(17)23-11)9-3-2-4-10(5-9)18(20)21/h2-6,12H,7,17H2,1H3. The molecule has 1 unspecified atom stereocenters. The number of nitriles is 1. The number of non-ortho nitro benzene ring substituents is 1. The van der Waals surface area contributed by atoms with Gasteiger partial charge in [0.05, 0.1) is 12.0 Å². The van der Waals surface area contributed by atoms with E-state index in [1.54, 1.807) is 6.07 Å². The van der Waals surface area contributed by atoms with Gasteiger partial charge in [0.15, 0.2) is 0 Å². The molecule has 0 aliphatic carbocycles. The van der Waals surface area contributed by atoms with Crippen LogP contribution in [0.3, 0.4) is 0 Å². The van der Waals surface area contributed by atoms with E-state index in [1.165, 1.54) is 31.4 Å². The van der Waals surface area contributed by atoms with Gasteiger partial charge in [-0.1, -0.05) is 12.1 Å². The van der Waals surface area contributed by atoms with Gasteiger partial charge in [-0.05, 0) is 11.6 Å². The number of methoxy groups -OCH3 is 1. The van der Waals surface area contributed by atoms with Gasteiger partial charge in [-0.15, -0.1) is 0 Å². The third-order valence-corrected chi connectivity index (χ3v) is 3.28. The van der Waals surface area contributed by atoms with E-state index >= 15 is 0 Å². The van der Waals surface area contributed by atoms with Crippen LogP contribution in [0.15, 0.2) is 47.6 Å². The molecule has 1 aromatic rings. The molecule has 23 heavy (non-hydrogen) atoms. The first-order chi connectivity index (χ1) is 11.0. The van der Waals surface area contributed by atoms with Crippen molar-refractivity contribution in [2.45, 2.75) is 12.3 Å². The van der Waals surface area contributed by atoms with Gasteiger partial charge in [0.25, 0.3) is 5.69 Å². The molecule has 1 heterocycles. The lowest BCUT2D eigenvalue weighted by Crippen LogP contribution is -2.18. The van der Waals surface area contributed by atoms with E-state index in [0.717, 1.165) is 0 Å². The maximum atomic E-state index is 11.4. The summed E-state index contributed by atoms with van der Waals surface area (Å²) in [6, 6.07) is 7.79. The summed E-state index contributed by atoms with van der Waals surface area (Å²) in [5.41, 5.74) is 6.26. The second kappa shape index (κ2) is 6.62. The van der Waals surface area contributed by atoms with Gasteiger partial charge in [-0.3, -0.25) is 14.9 Å². The molecular weight excluding hydrogens is 302 g/mol. The summed E-state index contributed by atoms with van der Waals surface area (Å²) in [5.74, 6) is -1.06. The van der Waals surface area contributed by atoms with Crippen LogP contribution in [-0.2, 0) is 14.3 Å². The number of carbonyl (C=O) groups is 1. The molecule has 1 aliphatic heterocycles. The number of rotatable bonds is 4. The topological polar surface area (TPSA) is 128 Å². The number of nitrogens with two attached hydrogens (primary N) is 1. The summed E-state index contributed by atoms with van der Waals surface area (Å²) in [6.45, 7) is 0. The molecule has 0 fully saturated rings. The molecule has 118 valence electrons. The number of hydrogen-bond donors (Lipinski definition) is 1. The zero-order valence-electron chi connectivity index (χ0n) is 12.2. The number of esters is 1. The fourth-order valence-electron chi connectivity index (χ4n) is 2.18. The Balaban J connectivity index is 2.44. The molecule has 0 saturated heterocycles. The van der Waals surface area contributed by atoms with Crippen molar-refractivity contribution in [3.63, 3.8) is 0 Å². The smallest absolute Gasteiger partial charge is 0.313 e. The van der Waals surface area contributed by atoms with Crippen LogP contribution in [0.25, 0.3) is 0 Å². The van der Waals surface area contributed by atoms with Gasteiger partial charge in [0.2, 0.25) is 5.88 Å². The fraction of sp³-hybridized carbons (Fsp3) is 0.200. The Morgan fingerprint density at radius 2 is 2.30 bits per heavy atom. The Labute approximate surface area is 131 Å². The third kappa shape index (κ3) is 3.47. The molecule has 0 aromatic heterocycles. The first-order valence-corrected chi connectivity index (χ1v) is 6.55. The fourth-order valence-corrected chi connectivity index (χ4v) is 2.18. The van der Waals surface area contributed by atoms with E-state index < -0.39 is 16.8 Å². The molecule has 1 atom stereocenters. The zero-order chi connectivity index (χ0) is 17.0. The highest BCUT2D eigenvalue weighted by Crippen LogP contribution is 2.35. The predicted molar refractivity (Wildman–Crippen MR) is 78.5 cm³/mol. The normalized spacial score (nSPS) is 16.9. The Morgan fingerprint density at radius 1 is 1.57 bits per heavy atom. The van der Waals surface area contributed by atoms with Crippen molar-refractivity contribution in [1.82, 2.24) is 0 Å². The van der Waals surface area contributed by atoms with Crippen molar-refractivity contribution < 1.29 is 19.2 Å². The highest BCUT2D eigenvalue weighted by molar-refractivity contribution is 5.72. The van der Waals surface area contributed by atoms with E-state index in [1.807, 2.05) is 6.07 Å². The van der Waals surface area contributed by atoms with Crippen LogP contribution in [0.1, 0.15) is 17.9 Å². The van der Waals surface area contributed by atoms with Crippen molar-refractivity contribution in [1.29, 1.82) is 5.26 Å². The van der Waals surface area contributed by atoms with Gasteiger partial charge >= 0.3 is 5.97 Å². The molecule has 2 rings (SSSR count). The Hall–Kier alpha value is -3.34. The van der Waals surface area contributed by atoms with E-state index in [2.05, 4.69) is 4.74 Å². The van der Waals surface area contributed by atoms with E-state index in [-0.39, 0.29) is 29.3 Å². The van der Waals surface area contributed by atoms with Crippen LogP contribution in [0.4, 0.5) is 5.69 Å². The molecule has 2 N–H and O–H groups in total. The van der Waals surface area contributed by atoms with E-state index in [4.69, 9.17) is 10.5 Å². The average Bonchev–Trinajstić information content (AvgIpc) is 2.54. The second-order valence-electron chi connectivity index (χ2n) is 4.71. The van der Waals surface area contributed by atoms with Crippen LogP contribution >= 0.6 is 0 Å². The summed E-state index contributed by atoms with van der Waals surface area (Å²) in [7, 11) is 1.24. The van der Waals surface area contributed by atoms with Gasteiger partial charge < -0.3 is 15.2 Å². The number of benzene rings is 1. The molecule has 0 bridgehead atoms. The molecule has 8 heteroatoms. The van der Waals surface area contributed by atoms with Gasteiger partial charge in [-0.2, -0.15) is 5.26 Å². The summed E-state index contributed by atoms with van der Waals surface area (Å²) < 4.78 is 9.81. The SMILES string of the molecule is COC(=O)CC1=CC(c2cccc([N+](=O)[O-])c2)C(C#N)=C(N)O1. The molecule has 8 nitrogen and oxygen atoms in total. The number of hydrogen-bond acceptors (Lipinski definition) is 7. The first-order valence-electron chi connectivity index (χ1n) is 6.55. The summed E-state index contributed by atoms with van der Waals surface area (Å²) in [6.07, 6.45) is 1.38. The minimum atomic E-state index is -0.631. The summed E-state index contributed by atoms with van der Waals surface area (Å²) in [4.78, 5) is 21.7. The quantitative estimate of drug-likeness (QED) is 0.510. The van der Waals surface area contributed by atoms with Crippen LogP contribution in [0.2, 0.25) is 0 Å². The number of nitro benzene ring substituents is 1. The molecule has 0 saturated carbocycles. The Kier molecular flexibility index (Phi) is 4.61. The first kappa shape index (κ1) is 16.0. The van der Waals surface area contributed by atoms with Crippen LogP contribution in [0, 0.1) is 21.4 Å². The monoisotopic (exact) mass is 315 g/mol. The van der Waals surface area contributed by atoms with Gasteiger partial charge in [0.1, 0.15) is 23.8 Å². The van der Waals surface area contributed by atoms with E-state index in [0.29, 0.717) is 5.56 Å². The summed E-state index contributed by atoms with van der Waals surface area (Å²) >= 11 is 0. The van der Waals surface area contributed by atoms with Crippen LogP contribution in [0.5, 0.6) is 0 Å². The number of nitro groups is 1. The molecule has 0 spiro atoms. The number of ether oxygens (including phenoxy) is 2. The van der Waals surface area contributed by atoms with Crippen LogP contribution < -0.4 is 5.73 Å². The second-order valence-corrected chi connectivity index (χ2v) is 4.71. The van der Waals surface area contributed by atoms with Crippen molar-refractivity contribution in [3.8, 4) is 6.07 Å². The minimum absolute atomic E-state index is 0.104. The van der Waals surface area contributed by atoms with E-state index in [9.17, 15) is 20.2 Å². The van der Waals surface area contributed by atoms with Crippen molar-refractivity contribution in [2.75, 3.05) is 7.11 Å². The third-order valence-electron chi connectivity index (χ3n) is 3.28. The van der Waals surface area contributed by atoms with Crippen molar-refractivity contribution in [2.24, 2.45) is 5.73 Å². The summed E-state index contributed by atoms with van der Waals surface area (Å²) in [5, 5.41) is 20.2. The average molecular weight is 315 g/mol. The lowest BCUT2D eigenvalue weighted by molar-refractivity contribution is -0.384. The highest BCUT2D eigenvalue weighted by Gasteiger charge is 2.27. The zero-order valence-corrected chi connectivity index (χ0v) is 12.2. The van der Waals surface area contributed by atoms with Gasteiger partial charge in [0, 0.05) is 18.1 Å². The minimum Gasteiger partial charge on any atom is -0.469 e. The number of carbonyl (C=O) groups excluding carboxylic acids is 1. The molecule has 1 aliphatic rings. The maximum Gasteiger partial charge on any atom is 0.313 e. The predicted octanol–water partition coefficient (Wildman–Crippen LogP) is 1.85. The Morgan fingerprint density at radius 3 is 2.91 bits per heavy atom. The number of nitrogens with zero attached hydrogens (tertiary/aromatic N) is 2. The highest BCUT2D eigenvalue weighted by atomic mass is 16.6. The van der Waals surface area contributed by atoms with Gasteiger partial charge in [-0.25, -0.2) is 0 Å². The molecule has 0 amide bonds. The maximum absolute atomic E-state index is 11.4. The van der Waals surface area contributed by atoms with Crippen LogP contribution in [-0.4, -0.2) is 18.0 Å². The molecular formula is C15H13N3O5. The molecule has 0 radical (unpaired) electrons.